The molecule has 0 aliphatic carbocycles. The standard InChI is InChI=1S/C22H17FN2OS/c1-15-7-9-16(10-8-15)19-14-27-21(20(19)25-11-2-3-12-25)22(26)24-18-6-4-5-17(23)13-18/h2-14H,1H3,(H,24,26). The minimum absolute atomic E-state index is 0.257. The number of rotatable bonds is 4. The van der Waals surface area contributed by atoms with Gasteiger partial charge in [0, 0.05) is 29.0 Å². The van der Waals surface area contributed by atoms with Crippen LogP contribution < -0.4 is 5.32 Å². The summed E-state index contributed by atoms with van der Waals surface area (Å²) in [5, 5.41) is 4.78. The number of thiophene rings is 1. The monoisotopic (exact) mass is 376 g/mol. The Morgan fingerprint density at radius 2 is 1.78 bits per heavy atom. The average Bonchev–Trinajstić information content (AvgIpc) is 3.32. The van der Waals surface area contributed by atoms with Crippen LogP contribution >= 0.6 is 11.3 Å². The fourth-order valence-corrected chi connectivity index (χ4v) is 3.91. The van der Waals surface area contributed by atoms with Gasteiger partial charge in [-0.05, 0) is 42.8 Å². The van der Waals surface area contributed by atoms with Gasteiger partial charge in [-0.1, -0.05) is 35.9 Å². The van der Waals surface area contributed by atoms with Gasteiger partial charge in [0.15, 0.2) is 0 Å². The molecule has 27 heavy (non-hydrogen) atoms. The van der Waals surface area contributed by atoms with Crippen molar-refractivity contribution in [1.82, 2.24) is 4.57 Å². The average molecular weight is 376 g/mol. The van der Waals surface area contributed by atoms with Gasteiger partial charge >= 0.3 is 0 Å². The van der Waals surface area contributed by atoms with Crippen molar-refractivity contribution in [2.24, 2.45) is 0 Å². The highest BCUT2D eigenvalue weighted by Crippen LogP contribution is 2.35. The van der Waals surface area contributed by atoms with E-state index in [0.29, 0.717) is 10.6 Å². The van der Waals surface area contributed by atoms with Crippen molar-refractivity contribution in [2.45, 2.75) is 6.92 Å². The Balaban J connectivity index is 1.77. The Morgan fingerprint density at radius 1 is 1.04 bits per heavy atom. The molecule has 3 nitrogen and oxygen atoms in total. The van der Waals surface area contributed by atoms with Crippen LogP contribution in [0.15, 0.2) is 78.4 Å². The molecule has 4 aromatic rings. The Labute approximate surface area is 160 Å². The summed E-state index contributed by atoms with van der Waals surface area (Å²) < 4.78 is 15.4. The Hall–Kier alpha value is -3.18. The van der Waals surface area contributed by atoms with Crippen molar-refractivity contribution < 1.29 is 9.18 Å². The number of amides is 1. The van der Waals surface area contributed by atoms with E-state index in [4.69, 9.17) is 0 Å². The molecule has 0 bridgehead atoms. The quantitative estimate of drug-likeness (QED) is 0.472. The summed E-state index contributed by atoms with van der Waals surface area (Å²) in [7, 11) is 0. The van der Waals surface area contributed by atoms with E-state index in [-0.39, 0.29) is 11.7 Å². The van der Waals surface area contributed by atoms with Gasteiger partial charge in [-0.2, -0.15) is 0 Å². The second-order valence-corrected chi connectivity index (χ2v) is 7.13. The molecule has 1 amide bonds. The first-order chi connectivity index (χ1) is 13.1. The lowest BCUT2D eigenvalue weighted by Gasteiger charge is -2.10. The Morgan fingerprint density at radius 3 is 2.48 bits per heavy atom. The lowest BCUT2D eigenvalue weighted by Crippen LogP contribution is -2.13. The molecule has 0 fully saturated rings. The van der Waals surface area contributed by atoms with Crippen LogP contribution in [0.2, 0.25) is 0 Å². The molecule has 0 unspecified atom stereocenters. The van der Waals surface area contributed by atoms with Crippen LogP contribution in [-0.4, -0.2) is 10.5 Å². The largest absolute Gasteiger partial charge is 0.322 e. The lowest BCUT2D eigenvalue weighted by atomic mass is 10.0. The molecule has 0 aliphatic heterocycles. The van der Waals surface area contributed by atoms with Gasteiger partial charge in [0.1, 0.15) is 10.7 Å². The van der Waals surface area contributed by atoms with Crippen molar-refractivity contribution >= 4 is 22.9 Å². The third-order valence-corrected chi connectivity index (χ3v) is 5.25. The summed E-state index contributed by atoms with van der Waals surface area (Å²) in [6.07, 6.45) is 3.83. The minimum Gasteiger partial charge on any atom is -0.322 e. The maximum absolute atomic E-state index is 13.4. The van der Waals surface area contributed by atoms with E-state index < -0.39 is 0 Å². The number of carbonyl (C=O) groups excluding carboxylic acids is 1. The number of hydrogen-bond donors (Lipinski definition) is 1. The maximum atomic E-state index is 13.4. The molecule has 0 spiro atoms. The summed E-state index contributed by atoms with van der Waals surface area (Å²) in [6.45, 7) is 2.04. The van der Waals surface area contributed by atoms with Gasteiger partial charge in [-0.3, -0.25) is 4.79 Å². The van der Waals surface area contributed by atoms with E-state index in [1.165, 1.54) is 29.0 Å². The topological polar surface area (TPSA) is 34.0 Å². The number of nitrogens with zero attached hydrogens (tertiary/aromatic N) is 1. The summed E-state index contributed by atoms with van der Waals surface area (Å²) in [5.41, 5.74) is 4.47. The molecule has 0 aliphatic rings. The number of halogens is 1. The molecule has 2 aromatic carbocycles. The molecule has 134 valence electrons. The third kappa shape index (κ3) is 3.55. The second-order valence-electron chi connectivity index (χ2n) is 6.25. The molecular formula is C22H17FN2OS. The molecule has 5 heteroatoms. The highest BCUT2D eigenvalue weighted by atomic mass is 32.1. The molecule has 0 radical (unpaired) electrons. The smallest absolute Gasteiger partial charge is 0.267 e. The minimum atomic E-state index is -0.384. The number of carbonyl (C=O) groups is 1. The number of nitrogens with one attached hydrogen (secondary N) is 1. The van der Waals surface area contributed by atoms with Crippen molar-refractivity contribution in [2.75, 3.05) is 5.32 Å². The van der Waals surface area contributed by atoms with Crippen LogP contribution in [0.4, 0.5) is 10.1 Å². The van der Waals surface area contributed by atoms with Crippen LogP contribution in [-0.2, 0) is 0 Å². The second kappa shape index (κ2) is 7.21. The molecular weight excluding hydrogens is 359 g/mol. The molecule has 1 N–H and O–H groups in total. The van der Waals surface area contributed by atoms with Crippen molar-refractivity contribution in [3.05, 3.63) is 94.7 Å². The van der Waals surface area contributed by atoms with Gasteiger partial charge < -0.3 is 9.88 Å². The SMILES string of the molecule is Cc1ccc(-c2csc(C(=O)Nc3cccc(F)c3)c2-n2cccc2)cc1. The number of anilines is 1. The van der Waals surface area contributed by atoms with E-state index in [1.54, 1.807) is 12.1 Å². The van der Waals surface area contributed by atoms with E-state index in [9.17, 15) is 9.18 Å². The number of aromatic nitrogens is 1. The predicted molar refractivity (Wildman–Crippen MR) is 108 cm³/mol. The fraction of sp³-hybridized carbons (Fsp3) is 0.0455. The molecule has 4 rings (SSSR count). The summed E-state index contributed by atoms with van der Waals surface area (Å²) in [6, 6.07) is 18.0. The Kier molecular flexibility index (Phi) is 4.60. The maximum Gasteiger partial charge on any atom is 0.267 e. The summed E-state index contributed by atoms with van der Waals surface area (Å²) in [4.78, 5) is 13.5. The zero-order valence-corrected chi connectivity index (χ0v) is 15.5. The highest BCUT2D eigenvalue weighted by molar-refractivity contribution is 7.13. The van der Waals surface area contributed by atoms with Gasteiger partial charge in [0.05, 0.1) is 5.69 Å². The van der Waals surface area contributed by atoms with Crippen LogP contribution in [0.25, 0.3) is 16.8 Å². The van der Waals surface area contributed by atoms with Gasteiger partial charge in [-0.15, -0.1) is 11.3 Å². The first-order valence-electron chi connectivity index (χ1n) is 8.50. The van der Waals surface area contributed by atoms with Gasteiger partial charge in [-0.25, -0.2) is 4.39 Å². The van der Waals surface area contributed by atoms with E-state index >= 15 is 0 Å². The van der Waals surface area contributed by atoms with E-state index in [1.807, 2.05) is 41.4 Å². The van der Waals surface area contributed by atoms with Crippen LogP contribution in [0, 0.1) is 12.7 Å². The molecule has 0 saturated carbocycles. The van der Waals surface area contributed by atoms with Gasteiger partial charge in [0.25, 0.3) is 5.91 Å². The van der Waals surface area contributed by atoms with Crippen LogP contribution in [0.1, 0.15) is 15.2 Å². The predicted octanol–water partition coefficient (Wildman–Crippen LogP) is 5.91. The zero-order valence-electron chi connectivity index (χ0n) is 14.6. The normalized spacial score (nSPS) is 10.7. The summed E-state index contributed by atoms with van der Waals surface area (Å²) in [5.74, 6) is -0.641. The van der Waals surface area contributed by atoms with Gasteiger partial charge in [0.2, 0.25) is 0 Å². The number of hydrogen-bond acceptors (Lipinski definition) is 2. The molecule has 0 atom stereocenters. The number of aryl methyl sites for hydroxylation is 1. The molecule has 2 aromatic heterocycles. The highest BCUT2D eigenvalue weighted by Gasteiger charge is 2.20. The first kappa shape index (κ1) is 17.2. The zero-order chi connectivity index (χ0) is 18.8. The third-order valence-electron chi connectivity index (χ3n) is 4.28. The van der Waals surface area contributed by atoms with Crippen LogP contribution in [0.5, 0.6) is 0 Å². The van der Waals surface area contributed by atoms with Crippen molar-refractivity contribution in [3.8, 4) is 16.8 Å². The van der Waals surface area contributed by atoms with E-state index in [0.717, 1.165) is 16.8 Å². The Bertz CT molecular complexity index is 1080. The lowest BCUT2D eigenvalue weighted by molar-refractivity contribution is 0.103. The van der Waals surface area contributed by atoms with Crippen molar-refractivity contribution in [3.63, 3.8) is 0 Å². The molecule has 2 heterocycles. The van der Waals surface area contributed by atoms with Crippen molar-refractivity contribution in [1.29, 1.82) is 0 Å². The fourth-order valence-electron chi connectivity index (χ4n) is 2.94. The first-order valence-corrected chi connectivity index (χ1v) is 9.38. The van der Waals surface area contributed by atoms with Crippen LogP contribution in [0.3, 0.4) is 0 Å². The van der Waals surface area contributed by atoms with E-state index in [2.05, 4.69) is 29.6 Å². The summed E-state index contributed by atoms with van der Waals surface area (Å²) >= 11 is 1.38. The number of benzene rings is 2. The molecule has 0 saturated heterocycles.